The van der Waals surface area contributed by atoms with Crippen LogP contribution in [-0.4, -0.2) is 22.9 Å². The lowest BCUT2D eigenvalue weighted by atomic mass is 10.1. The van der Waals surface area contributed by atoms with Crippen molar-refractivity contribution >= 4 is 0 Å². The van der Waals surface area contributed by atoms with E-state index in [0.717, 1.165) is 25.4 Å². The van der Waals surface area contributed by atoms with Crippen molar-refractivity contribution in [2.45, 2.75) is 51.0 Å². The molecule has 0 bridgehead atoms. The van der Waals surface area contributed by atoms with Crippen LogP contribution in [0, 0.1) is 0 Å². The molecule has 1 aromatic heterocycles. The monoisotopic (exact) mass is 219 g/mol. The predicted molar refractivity (Wildman–Crippen MR) is 64.7 cm³/mol. The zero-order chi connectivity index (χ0) is 11.0. The molecule has 1 saturated carbocycles. The Morgan fingerprint density at radius 1 is 1.31 bits per heavy atom. The van der Waals surface area contributed by atoms with Crippen LogP contribution in [0.1, 0.15) is 55.8 Å². The Balaban J connectivity index is 1.83. The molecule has 0 aromatic carbocycles. The molecule has 1 N–H and O–H groups in total. The molecular formula is C13H21N3. The van der Waals surface area contributed by atoms with Gasteiger partial charge < -0.3 is 5.32 Å². The van der Waals surface area contributed by atoms with Crippen LogP contribution in [0.3, 0.4) is 0 Å². The molecule has 16 heavy (non-hydrogen) atoms. The molecule has 0 radical (unpaired) electrons. The highest BCUT2D eigenvalue weighted by atomic mass is 15.3. The van der Waals surface area contributed by atoms with Gasteiger partial charge in [0.25, 0.3) is 0 Å². The molecule has 0 atom stereocenters. The summed E-state index contributed by atoms with van der Waals surface area (Å²) in [5, 5.41) is 8.22. The summed E-state index contributed by atoms with van der Waals surface area (Å²) in [6.45, 7) is 4.51. The molecule has 1 aliphatic carbocycles. The van der Waals surface area contributed by atoms with Gasteiger partial charge >= 0.3 is 0 Å². The molecule has 0 unspecified atom stereocenters. The second kappa shape index (κ2) is 4.21. The molecule has 0 amide bonds. The maximum absolute atomic E-state index is 4.80. The van der Waals surface area contributed by atoms with Crippen LogP contribution in [-0.2, 0) is 6.42 Å². The van der Waals surface area contributed by atoms with E-state index >= 15 is 0 Å². The molecule has 3 rings (SSSR count). The van der Waals surface area contributed by atoms with Crippen molar-refractivity contribution in [1.29, 1.82) is 0 Å². The van der Waals surface area contributed by atoms with E-state index < -0.39 is 0 Å². The highest BCUT2D eigenvalue weighted by Gasteiger charge is 2.29. The van der Waals surface area contributed by atoms with Gasteiger partial charge in [0.05, 0.1) is 11.7 Å². The lowest BCUT2D eigenvalue weighted by molar-refractivity contribution is 0.341. The Morgan fingerprint density at radius 2 is 2.06 bits per heavy atom. The van der Waals surface area contributed by atoms with Crippen LogP contribution in [0.2, 0.25) is 0 Å². The number of aryl methyl sites for hydroxylation is 1. The van der Waals surface area contributed by atoms with E-state index in [1.165, 1.54) is 31.4 Å². The summed E-state index contributed by atoms with van der Waals surface area (Å²) >= 11 is 0. The molecular weight excluding hydrogens is 198 g/mol. The van der Waals surface area contributed by atoms with Gasteiger partial charge in [0.2, 0.25) is 0 Å². The van der Waals surface area contributed by atoms with E-state index in [2.05, 4.69) is 23.1 Å². The lowest BCUT2D eigenvalue weighted by Crippen LogP contribution is -2.29. The van der Waals surface area contributed by atoms with Crippen LogP contribution in [0.15, 0.2) is 6.20 Å². The SMILES string of the molecule is CCc1nn(C2CCNCC2)cc1C1CC1. The van der Waals surface area contributed by atoms with Crippen molar-refractivity contribution in [2.75, 3.05) is 13.1 Å². The largest absolute Gasteiger partial charge is 0.317 e. The Bertz CT molecular complexity index is 359. The van der Waals surface area contributed by atoms with Crippen molar-refractivity contribution in [3.63, 3.8) is 0 Å². The van der Waals surface area contributed by atoms with Crippen LogP contribution >= 0.6 is 0 Å². The van der Waals surface area contributed by atoms with Gasteiger partial charge in [0.15, 0.2) is 0 Å². The number of nitrogens with zero attached hydrogens (tertiary/aromatic N) is 2. The van der Waals surface area contributed by atoms with Gasteiger partial charge in [-0.05, 0) is 56.7 Å². The van der Waals surface area contributed by atoms with Crippen molar-refractivity contribution in [1.82, 2.24) is 15.1 Å². The molecule has 3 nitrogen and oxygen atoms in total. The van der Waals surface area contributed by atoms with E-state index in [9.17, 15) is 0 Å². The third kappa shape index (κ3) is 1.88. The zero-order valence-corrected chi connectivity index (χ0v) is 10.1. The average molecular weight is 219 g/mol. The number of nitrogens with one attached hydrogen (secondary N) is 1. The Labute approximate surface area is 97.2 Å². The van der Waals surface area contributed by atoms with Gasteiger partial charge in [-0.25, -0.2) is 0 Å². The van der Waals surface area contributed by atoms with Crippen molar-refractivity contribution in [3.05, 3.63) is 17.5 Å². The van der Waals surface area contributed by atoms with Crippen LogP contribution in [0.4, 0.5) is 0 Å². The normalized spacial score (nSPS) is 22.6. The van der Waals surface area contributed by atoms with E-state index in [-0.39, 0.29) is 0 Å². The fourth-order valence-corrected chi connectivity index (χ4v) is 2.71. The number of rotatable bonds is 3. The summed E-state index contributed by atoms with van der Waals surface area (Å²) in [6.07, 6.45) is 8.65. The van der Waals surface area contributed by atoms with Gasteiger partial charge in [-0.2, -0.15) is 5.10 Å². The van der Waals surface area contributed by atoms with Gasteiger partial charge in [-0.15, -0.1) is 0 Å². The number of hydrogen-bond acceptors (Lipinski definition) is 2. The summed E-state index contributed by atoms with van der Waals surface area (Å²) in [6, 6.07) is 0.638. The lowest BCUT2D eigenvalue weighted by Gasteiger charge is -2.22. The molecule has 0 spiro atoms. The Morgan fingerprint density at radius 3 is 2.69 bits per heavy atom. The van der Waals surface area contributed by atoms with Crippen molar-refractivity contribution in [3.8, 4) is 0 Å². The summed E-state index contributed by atoms with van der Waals surface area (Å²) in [7, 11) is 0. The standard InChI is InChI=1S/C13H21N3/c1-2-13-12(10-3-4-10)9-16(15-13)11-5-7-14-8-6-11/h9-11,14H,2-8H2,1H3. The fraction of sp³-hybridized carbons (Fsp3) is 0.769. The summed E-state index contributed by atoms with van der Waals surface area (Å²) < 4.78 is 2.26. The number of piperidine rings is 1. The first-order chi connectivity index (χ1) is 7.88. The summed E-state index contributed by atoms with van der Waals surface area (Å²) in [5.74, 6) is 0.838. The number of aromatic nitrogens is 2. The first-order valence-corrected chi connectivity index (χ1v) is 6.67. The second-order valence-corrected chi connectivity index (χ2v) is 5.12. The third-order valence-corrected chi connectivity index (χ3v) is 3.88. The molecule has 1 saturated heterocycles. The molecule has 2 fully saturated rings. The first-order valence-electron chi connectivity index (χ1n) is 6.67. The quantitative estimate of drug-likeness (QED) is 0.845. The van der Waals surface area contributed by atoms with Crippen LogP contribution in [0.25, 0.3) is 0 Å². The second-order valence-electron chi connectivity index (χ2n) is 5.12. The zero-order valence-electron chi connectivity index (χ0n) is 10.1. The minimum Gasteiger partial charge on any atom is -0.317 e. The van der Waals surface area contributed by atoms with Gasteiger partial charge in [0.1, 0.15) is 0 Å². The maximum Gasteiger partial charge on any atom is 0.0656 e. The maximum atomic E-state index is 4.80. The molecule has 1 aromatic rings. The molecule has 1 aliphatic heterocycles. The van der Waals surface area contributed by atoms with Gasteiger partial charge in [-0.3, -0.25) is 4.68 Å². The van der Waals surface area contributed by atoms with Crippen LogP contribution in [0.5, 0.6) is 0 Å². The molecule has 88 valence electrons. The highest BCUT2D eigenvalue weighted by molar-refractivity contribution is 5.26. The number of hydrogen-bond donors (Lipinski definition) is 1. The highest BCUT2D eigenvalue weighted by Crippen LogP contribution is 2.42. The minimum absolute atomic E-state index is 0.638. The van der Waals surface area contributed by atoms with E-state index in [0.29, 0.717) is 6.04 Å². The smallest absolute Gasteiger partial charge is 0.0656 e. The summed E-state index contributed by atoms with van der Waals surface area (Å²) in [4.78, 5) is 0. The van der Waals surface area contributed by atoms with Gasteiger partial charge in [-0.1, -0.05) is 6.92 Å². The Hall–Kier alpha value is -0.830. The molecule has 2 aliphatic rings. The minimum atomic E-state index is 0.638. The predicted octanol–water partition coefficient (Wildman–Crippen LogP) is 2.25. The molecule has 3 heteroatoms. The van der Waals surface area contributed by atoms with Gasteiger partial charge in [0, 0.05) is 6.20 Å². The first kappa shape index (κ1) is 10.3. The topological polar surface area (TPSA) is 29.9 Å². The van der Waals surface area contributed by atoms with Crippen molar-refractivity contribution in [2.24, 2.45) is 0 Å². The Kier molecular flexibility index (Phi) is 2.72. The van der Waals surface area contributed by atoms with Crippen LogP contribution < -0.4 is 5.32 Å². The van der Waals surface area contributed by atoms with E-state index in [4.69, 9.17) is 5.10 Å². The summed E-state index contributed by atoms with van der Waals surface area (Å²) in [5.41, 5.74) is 2.89. The van der Waals surface area contributed by atoms with E-state index in [1.54, 1.807) is 5.56 Å². The fourth-order valence-electron chi connectivity index (χ4n) is 2.71. The van der Waals surface area contributed by atoms with Crippen molar-refractivity contribution < 1.29 is 0 Å². The average Bonchev–Trinajstić information content (AvgIpc) is 3.10. The molecule has 2 heterocycles. The van der Waals surface area contributed by atoms with E-state index in [1.807, 2.05) is 0 Å². The third-order valence-electron chi connectivity index (χ3n) is 3.88.